The Labute approximate surface area is 107 Å². The number of halogens is 1. The summed E-state index contributed by atoms with van der Waals surface area (Å²) in [4.78, 5) is -0.0202. The van der Waals surface area contributed by atoms with Gasteiger partial charge >= 0.3 is 0 Å². The van der Waals surface area contributed by atoms with Gasteiger partial charge in [-0.3, -0.25) is 0 Å². The Morgan fingerprint density at radius 3 is 2.44 bits per heavy atom. The molecule has 2 unspecified atom stereocenters. The van der Waals surface area contributed by atoms with Gasteiger partial charge in [-0.15, -0.1) is 0 Å². The minimum atomic E-state index is -2.87. The summed E-state index contributed by atoms with van der Waals surface area (Å²) in [5, 5.41) is 0. The van der Waals surface area contributed by atoms with Gasteiger partial charge in [0.1, 0.15) is 0 Å². The van der Waals surface area contributed by atoms with E-state index in [1.54, 1.807) is 0 Å². The molecule has 0 aromatic rings. The molecule has 0 N–H and O–H groups in total. The van der Waals surface area contributed by atoms with Crippen molar-refractivity contribution < 1.29 is 13.2 Å². The normalized spacial score (nSPS) is 28.4. The molecule has 1 aliphatic rings. The van der Waals surface area contributed by atoms with Crippen LogP contribution in [0, 0.1) is 0 Å². The second-order valence-electron chi connectivity index (χ2n) is 4.42. The lowest BCUT2D eigenvalue weighted by Gasteiger charge is -2.13. The average molecular weight is 313 g/mol. The zero-order valence-corrected chi connectivity index (χ0v) is 12.2. The van der Waals surface area contributed by atoms with Gasteiger partial charge in [-0.2, -0.15) is 0 Å². The van der Waals surface area contributed by atoms with Crippen molar-refractivity contribution in [3.05, 3.63) is 0 Å². The van der Waals surface area contributed by atoms with Crippen molar-refractivity contribution in [3.63, 3.8) is 0 Å². The van der Waals surface area contributed by atoms with E-state index in [0.29, 0.717) is 6.61 Å². The number of hydrogen-bond donors (Lipinski definition) is 0. The molecule has 1 rings (SSSR count). The van der Waals surface area contributed by atoms with Crippen LogP contribution in [0.1, 0.15) is 39.0 Å². The van der Waals surface area contributed by atoms with Crippen LogP contribution in [0.15, 0.2) is 0 Å². The smallest absolute Gasteiger partial charge is 0.154 e. The van der Waals surface area contributed by atoms with Crippen LogP contribution in [0.25, 0.3) is 0 Å². The first-order valence-electron chi connectivity index (χ1n) is 6.01. The number of alkyl halides is 1. The van der Waals surface area contributed by atoms with Crippen molar-refractivity contribution >= 4 is 25.8 Å². The molecule has 1 aliphatic heterocycles. The van der Waals surface area contributed by atoms with E-state index in [9.17, 15) is 8.42 Å². The van der Waals surface area contributed by atoms with Crippen LogP contribution < -0.4 is 0 Å². The molecule has 5 heteroatoms. The molecule has 3 nitrogen and oxygen atoms in total. The van der Waals surface area contributed by atoms with Gasteiger partial charge in [0.25, 0.3) is 0 Å². The maximum Gasteiger partial charge on any atom is 0.154 e. The monoisotopic (exact) mass is 312 g/mol. The molecule has 0 saturated carbocycles. The molecule has 96 valence electrons. The summed E-state index contributed by atoms with van der Waals surface area (Å²) in [6.45, 7) is 2.88. The zero-order valence-electron chi connectivity index (χ0n) is 9.82. The topological polar surface area (TPSA) is 43.4 Å². The van der Waals surface area contributed by atoms with Crippen molar-refractivity contribution in [2.45, 2.75) is 50.0 Å². The molecule has 1 heterocycles. The molecule has 0 radical (unpaired) electrons. The third-order valence-electron chi connectivity index (χ3n) is 2.81. The first kappa shape index (κ1) is 14.5. The fourth-order valence-electron chi connectivity index (χ4n) is 1.87. The molecule has 0 amide bonds. The van der Waals surface area contributed by atoms with Gasteiger partial charge in [0, 0.05) is 6.61 Å². The Bertz CT molecular complexity index is 290. The van der Waals surface area contributed by atoms with Crippen molar-refractivity contribution in [1.29, 1.82) is 0 Å². The van der Waals surface area contributed by atoms with Gasteiger partial charge in [-0.25, -0.2) is 8.42 Å². The van der Waals surface area contributed by atoms with Crippen LogP contribution in [0.4, 0.5) is 0 Å². The minimum Gasteiger partial charge on any atom is -0.376 e. The summed E-state index contributed by atoms with van der Waals surface area (Å²) < 4.78 is 28.2. The largest absolute Gasteiger partial charge is 0.376 e. The second kappa shape index (κ2) is 6.97. The first-order chi connectivity index (χ1) is 7.55. The van der Waals surface area contributed by atoms with Gasteiger partial charge in [0.15, 0.2) is 9.84 Å². The van der Waals surface area contributed by atoms with Crippen molar-refractivity contribution in [2.24, 2.45) is 0 Å². The van der Waals surface area contributed by atoms with Crippen LogP contribution >= 0.6 is 15.9 Å². The van der Waals surface area contributed by atoms with E-state index < -0.39 is 9.84 Å². The molecule has 0 aromatic carbocycles. The Hall–Kier alpha value is 0.390. The van der Waals surface area contributed by atoms with Crippen LogP contribution in [0.2, 0.25) is 0 Å². The number of unbranched alkanes of at least 4 members (excludes halogenated alkanes) is 4. The van der Waals surface area contributed by atoms with Gasteiger partial charge in [-0.1, -0.05) is 48.5 Å². The van der Waals surface area contributed by atoms with E-state index in [2.05, 4.69) is 22.9 Å². The maximum absolute atomic E-state index is 11.3. The lowest BCUT2D eigenvalue weighted by Crippen LogP contribution is -2.22. The second-order valence-corrected chi connectivity index (χ2v) is 7.75. The highest BCUT2D eigenvalue weighted by atomic mass is 79.9. The van der Waals surface area contributed by atoms with Crippen LogP contribution in [-0.2, 0) is 14.6 Å². The van der Waals surface area contributed by atoms with Gasteiger partial charge in [0.2, 0.25) is 0 Å². The maximum atomic E-state index is 11.3. The Kier molecular flexibility index (Phi) is 6.29. The Morgan fingerprint density at radius 1 is 1.19 bits per heavy atom. The predicted molar refractivity (Wildman–Crippen MR) is 69.9 cm³/mol. The lowest BCUT2D eigenvalue weighted by atomic mass is 10.2. The third-order valence-corrected chi connectivity index (χ3v) is 5.86. The van der Waals surface area contributed by atoms with Gasteiger partial charge in [0.05, 0.1) is 22.4 Å². The summed E-state index contributed by atoms with van der Waals surface area (Å²) in [7, 11) is -2.87. The van der Waals surface area contributed by atoms with E-state index in [1.165, 1.54) is 25.7 Å². The number of hydrogen-bond acceptors (Lipinski definition) is 3. The van der Waals surface area contributed by atoms with Crippen molar-refractivity contribution in [1.82, 2.24) is 0 Å². The summed E-state index contributed by atoms with van der Waals surface area (Å²) in [6, 6.07) is 0. The quantitative estimate of drug-likeness (QED) is 0.536. The van der Waals surface area contributed by atoms with E-state index in [1.807, 2.05) is 0 Å². The van der Waals surface area contributed by atoms with E-state index in [-0.39, 0.29) is 22.4 Å². The molecule has 2 atom stereocenters. The van der Waals surface area contributed by atoms with E-state index in [0.717, 1.165) is 6.42 Å². The first-order valence-corrected chi connectivity index (χ1v) is 8.75. The molecule has 16 heavy (non-hydrogen) atoms. The molecular weight excluding hydrogens is 292 g/mol. The number of ether oxygens (including phenoxy) is 1. The molecule has 0 aromatic heterocycles. The molecule has 0 bridgehead atoms. The lowest BCUT2D eigenvalue weighted by molar-refractivity contribution is 0.0724. The summed E-state index contributed by atoms with van der Waals surface area (Å²) >= 11 is 3.37. The third kappa shape index (κ3) is 5.15. The Balaban J connectivity index is 2.10. The number of rotatable bonds is 7. The highest BCUT2D eigenvalue weighted by Crippen LogP contribution is 2.22. The van der Waals surface area contributed by atoms with E-state index in [4.69, 9.17) is 4.74 Å². The summed E-state index contributed by atoms with van der Waals surface area (Å²) in [5.41, 5.74) is 0. The molecule has 0 spiro atoms. The van der Waals surface area contributed by atoms with Crippen LogP contribution in [-0.4, -0.2) is 37.5 Å². The van der Waals surface area contributed by atoms with Crippen molar-refractivity contribution in [2.75, 3.05) is 18.1 Å². The van der Waals surface area contributed by atoms with E-state index >= 15 is 0 Å². The van der Waals surface area contributed by atoms with Crippen LogP contribution in [0.3, 0.4) is 0 Å². The SMILES string of the molecule is CCCCCCCOC1CS(=O)(=O)CC1Br. The fourth-order valence-corrected chi connectivity index (χ4v) is 5.33. The molecule has 0 aliphatic carbocycles. The Morgan fingerprint density at radius 2 is 1.88 bits per heavy atom. The highest BCUT2D eigenvalue weighted by Gasteiger charge is 2.36. The van der Waals surface area contributed by atoms with Crippen LogP contribution in [0.5, 0.6) is 0 Å². The number of sulfone groups is 1. The zero-order chi connectivity index (χ0) is 12.0. The van der Waals surface area contributed by atoms with Gasteiger partial charge in [-0.05, 0) is 6.42 Å². The van der Waals surface area contributed by atoms with Gasteiger partial charge < -0.3 is 4.74 Å². The standard InChI is InChI=1S/C11H21BrO3S/c1-2-3-4-5-6-7-15-11-9-16(13,14)8-10(11)12/h10-11H,2-9H2,1H3. The molecular formula is C11H21BrO3S. The minimum absolute atomic E-state index is 0.0202. The average Bonchev–Trinajstić information content (AvgIpc) is 2.45. The summed E-state index contributed by atoms with van der Waals surface area (Å²) in [6.07, 6.45) is 5.84. The fraction of sp³-hybridized carbons (Fsp3) is 1.00. The molecule has 1 fully saturated rings. The van der Waals surface area contributed by atoms with Crippen molar-refractivity contribution in [3.8, 4) is 0 Å². The molecule has 1 saturated heterocycles. The summed E-state index contributed by atoms with van der Waals surface area (Å²) in [5.74, 6) is 0.394. The predicted octanol–water partition coefficient (Wildman–Crippen LogP) is 2.53. The highest BCUT2D eigenvalue weighted by molar-refractivity contribution is 9.09.